The summed E-state index contributed by atoms with van der Waals surface area (Å²) in [6.45, 7) is 0. The molecule has 1 N–H and O–H groups in total. The monoisotopic (exact) mass is 473 g/mol. The Hall–Kier alpha value is -3.72. The van der Waals surface area contributed by atoms with Crippen LogP contribution in [0.3, 0.4) is 0 Å². The first-order chi connectivity index (χ1) is 15.8. The maximum absolute atomic E-state index is 14.0. The predicted octanol–water partition coefficient (Wildman–Crippen LogP) is 4.83. The first-order valence-corrected chi connectivity index (χ1v) is 11.2. The van der Waals surface area contributed by atoms with Gasteiger partial charge in [0.2, 0.25) is 5.75 Å². The molecular weight excluding hydrogens is 449 g/mol. The molecule has 9 heteroatoms. The fourth-order valence-electron chi connectivity index (χ4n) is 3.14. The van der Waals surface area contributed by atoms with Gasteiger partial charge >= 0.3 is 0 Å². The van der Waals surface area contributed by atoms with Crippen molar-refractivity contribution >= 4 is 27.9 Å². The summed E-state index contributed by atoms with van der Waals surface area (Å²) >= 11 is 0. The zero-order valence-electron chi connectivity index (χ0n) is 18.6. The van der Waals surface area contributed by atoms with Crippen molar-refractivity contribution in [2.24, 2.45) is 0 Å². The minimum Gasteiger partial charge on any atom is -0.494 e. The quantitative estimate of drug-likeness (QED) is 0.448. The molecule has 3 aromatic carbocycles. The van der Waals surface area contributed by atoms with E-state index >= 15 is 0 Å². The summed E-state index contributed by atoms with van der Waals surface area (Å²) in [4.78, 5) is -0.218. The summed E-state index contributed by atoms with van der Waals surface area (Å²) in [7, 11) is 1.84. The lowest BCUT2D eigenvalue weighted by molar-refractivity contribution is 0.324. The normalized spacial score (nSPS) is 11.3. The molecule has 0 aliphatic heterocycles. The number of para-hydroxylation sites is 1. The highest BCUT2D eigenvalue weighted by Crippen LogP contribution is 2.38. The van der Waals surface area contributed by atoms with Crippen LogP contribution in [0.5, 0.6) is 23.0 Å². The summed E-state index contributed by atoms with van der Waals surface area (Å²) in [5.74, 6) is 0.648. The average molecular weight is 474 g/mol. The van der Waals surface area contributed by atoms with Gasteiger partial charge in [-0.3, -0.25) is 4.72 Å². The number of nitrogens with one attached hydrogen (secondary N) is 1. The second-order valence-electron chi connectivity index (χ2n) is 6.78. The van der Waals surface area contributed by atoms with Crippen LogP contribution in [0.2, 0.25) is 0 Å². The number of rotatable bonds is 9. The highest BCUT2D eigenvalue weighted by molar-refractivity contribution is 7.92. The van der Waals surface area contributed by atoms with Crippen molar-refractivity contribution in [2.75, 3.05) is 33.2 Å². The highest BCUT2D eigenvalue weighted by Gasteiger charge is 2.18. The highest BCUT2D eigenvalue weighted by atomic mass is 32.2. The number of benzene rings is 3. The van der Waals surface area contributed by atoms with E-state index in [1.54, 1.807) is 48.6 Å². The van der Waals surface area contributed by atoms with Crippen LogP contribution in [-0.4, -0.2) is 36.9 Å². The third kappa shape index (κ3) is 5.38. The van der Waals surface area contributed by atoms with Gasteiger partial charge in [-0.15, -0.1) is 0 Å². The van der Waals surface area contributed by atoms with Crippen LogP contribution in [0, 0.1) is 5.82 Å². The van der Waals surface area contributed by atoms with Crippen LogP contribution in [0.4, 0.5) is 10.1 Å². The molecule has 0 aliphatic carbocycles. The van der Waals surface area contributed by atoms with E-state index in [0.717, 1.165) is 11.6 Å². The number of methoxy groups -OCH3 is 4. The number of anilines is 1. The Morgan fingerprint density at radius 1 is 0.788 bits per heavy atom. The maximum Gasteiger partial charge on any atom is 0.262 e. The van der Waals surface area contributed by atoms with Crippen LogP contribution >= 0.6 is 0 Å². The summed E-state index contributed by atoms with van der Waals surface area (Å²) in [6.07, 6.45) is 3.53. The van der Waals surface area contributed by atoms with Gasteiger partial charge in [0.1, 0.15) is 0 Å². The number of sulfonamides is 1. The maximum atomic E-state index is 14.0. The Morgan fingerprint density at radius 3 is 2.00 bits per heavy atom. The molecule has 33 heavy (non-hydrogen) atoms. The molecule has 3 rings (SSSR count). The molecule has 0 spiro atoms. The fourth-order valence-corrected chi connectivity index (χ4v) is 4.24. The van der Waals surface area contributed by atoms with Crippen LogP contribution in [-0.2, 0) is 10.0 Å². The molecule has 3 aromatic rings. The summed E-state index contributed by atoms with van der Waals surface area (Å²) < 4.78 is 63.1. The summed E-state index contributed by atoms with van der Waals surface area (Å²) in [5, 5.41) is 0. The van der Waals surface area contributed by atoms with Gasteiger partial charge in [-0.1, -0.05) is 30.4 Å². The molecule has 0 amide bonds. The SMILES string of the molecule is COc1ccc(S(=O)(=O)Nc2ccccc2C=Cc2cc(OC)c(OC)c(OC)c2)cc1F. The molecule has 0 atom stereocenters. The molecule has 0 fully saturated rings. The van der Waals surface area contributed by atoms with E-state index in [1.807, 2.05) is 0 Å². The number of halogens is 1. The average Bonchev–Trinajstić information content (AvgIpc) is 2.82. The number of hydrogen-bond donors (Lipinski definition) is 1. The largest absolute Gasteiger partial charge is 0.494 e. The van der Waals surface area contributed by atoms with Crippen molar-refractivity contribution in [2.45, 2.75) is 4.90 Å². The molecule has 0 bridgehead atoms. The minimum absolute atomic E-state index is 0.0392. The van der Waals surface area contributed by atoms with Crippen LogP contribution in [0.1, 0.15) is 11.1 Å². The Labute approximate surface area is 192 Å². The number of hydrogen-bond acceptors (Lipinski definition) is 6. The van der Waals surface area contributed by atoms with Gasteiger partial charge in [0.15, 0.2) is 23.1 Å². The van der Waals surface area contributed by atoms with E-state index in [-0.39, 0.29) is 10.6 Å². The Kier molecular flexibility index (Phi) is 7.44. The number of ether oxygens (including phenoxy) is 4. The zero-order chi connectivity index (χ0) is 24.0. The topological polar surface area (TPSA) is 83.1 Å². The lowest BCUT2D eigenvalue weighted by Crippen LogP contribution is -2.14. The zero-order valence-corrected chi connectivity index (χ0v) is 19.4. The Balaban J connectivity index is 1.93. The van der Waals surface area contributed by atoms with Gasteiger partial charge in [-0.2, -0.15) is 0 Å². The van der Waals surface area contributed by atoms with Gasteiger partial charge in [0, 0.05) is 0 Å². The van der Waals surface area contributed by atoms with Gasteiger partial charge in [0.05, 0.1) is 39.0 Å². The van der Waals surface area contributed by atoms with E-state index in [2.05, 4.69) is 4.72 Å². The smallest absolute Gasteiger partial charge is 0.262 e. The molecule has 0 saturated heterocycles. The van der Waals surface area contributed by atoms with Crippen LogP contribution < -0.4 is 23.7 Å². The van der Waals surface area contributed by atoms with Gasteiger partial charge in [-0.05, 0) is 47.5 Å². The first kappa shape index (κ1) is 23.9. The third-order valence-corrected chi connectivity index (χ3v) is 6.14. The fraction of sp³-hybridized carbons (Fsp3) is 0.167. The Bertz CT molecular complexity index is 1250. The molecule has 0 aromatic heterocycles. The predicted molar refractivity (Wildman–Crippen MR) is 125 cm³/mol. The van der Waals surface area contributed by atoms with Gasteiger partial charge < -0.3 is 18.9 Å². The van der Waals surface area contributed by atoms with Crippen LogP contribution in [0.15, 0.2) is 59.5 Å². The van der Waals surface area contributed by atoms with Crippen molar-refractivity contribution in [3.05, 3.63) is 71.5 Å². The van der Waals surface area contributed by atoms with Crippen molar-refractivity contribution in [1.29, 1.82) is 0 Å². The third-order valence-electron chi connectivity index (χ3n) is 4.78. The molecule has 174 valence electrons. The van der Waals surface area contributed by atoms with E-state index < -0.39 is 15.8 Å². The minimum atomic E-state index is -4.03. The van der Waals surface area contributed by atoms with Crippen molar-refractivity contribution in [1.82, 2.24) is 0 Å². The van der Waals surface area contributed by atoms with Crippen molar-refractivity contribution < 1.29 is 31.8 Å². The molecular formula is C24H24FNO6S. The van der Waals surface area contributed by atoms with E-state index in [4.69, 9.17) is 18.9 Å². The lowest BCUT2D eigenvalue weighted by atomic mass is 10.1. The standard InChI is InChI=1S/C24H24FNO6S/c1-29-21-12-11-18(15-19(21)25)33(27,28)26-20-8-6-5-7-17(20)10-9-16-13-22(30-2)24(32-4)23(14-16)31-3/h5-15,26H,1-4H3. The second-order valence-corrected chi connectivity index (χ2v) is 8.46. The summed E-state index contributed by atoms with van der Waals surface area (Å²) in [5.41, 5.74) is 1.68. The molecule has 0 unspecified atom stereocenters. The molecule has 0 aliphatic rings. The Morgan fingerprint density at radius 2 is 1.42 bits per heavy atom. The molecule has 0 heterocycles. The molecule has 0 saturated carbocycles. The van der Waals surface area contributed by atoms with Crippen LogP contribution in [0.25, 0.3) is 12.2 Å². The molecule has 0 radical (unpaired) electrons. The van der Waals surface area contributed by atoms with Crippen molar-refractivity contribution in [3.8, 4) is 23.0 Å². The lowest BCUT2D eigenvalue weighted by Gasteiger charge is -2.13. The van der Waals surface area contributed by atoms with Gasteiger partial charge in [-0.25, -0.2) is 12.8 Å². The summed E-state index contributed by atoms with van der Waals surface area (Å²) in [6, 6.07) is 13.8. The van der Waals surface area contributed by atoms with Crippen molar-refractivity contribution in [3.63, 3.8) is 0 Å². The van der Waals surface area contributed by atoms with E-state index in [9.17, 15) is 12.8 Å². The molecule has 7 nitrogen and oxygen atoms in total. The first-order valence-electron chi connectivity index (χ1n) is 9.76. The van der Waals surface area contributed by atoms with E-state index in [0.29, 0.717) is 28.5 Å². The second kappa shape index (κ2) is 10.3. The van der Waals surface area contributed by atoms with Gasteiger partial charge in [0.25, 0.3) is 10.0 Å². The van der Waals surface area contributed by atoms with E-state index in [1.165, 1.54) is 40.6 Å².